The van der Waals surface area contributed by atoms with Gasteiger partial charge in [0.2, 0.25) is 0 Å². The molecule has 1 aromatic heterocycles. The maximum Gasteiger partial charge on any atom is 0.126 e. The Bertz CT molecular complexity index is 542. The molecule has 1 unspecified atom stereocenters. The number of rotatable bonds is 4. The zero-order chi connectivity index (χ0) is 13.1. The maximum absolute atomic E-state index is 13.7. The molecule has 2 rings (SSSR count). The molecular formula is C13H12Br2FNS. The zero-order valence-electron chi connectivity index (χ0n) is 9.71. The van der Waals surface area contributed by atoms with Crippen LogP contribution in [0.15, 0.2) is 38.6 Å². The molecule has 1 aromatic carbocycles. The second kappa shape index (κ2) is 6.28. The average Bonchev–Trinajstić information content (AvgIpc) is 2.77. The van der Waals surface area contributed by atoms with Gasteiger partial charge in [0.1, 0.15) is 5.82 Å². The first-order valence-corrected chi connectivity index (χ1v) is 7.92. The smallest absolute Gasteiger partial charge is 0.126 e. The summed E-state index contributed by atoms with van der Waals surface area (Å²) in [5.41, 5.74) is 0.716. The minimum atomic E-state index is -0.158. The van der Waals surface area contributed by atoms with E-state index in [-0.39, 0.29) is 11.9 Å². The van der Waals surface area contributed by atoms with Gasteiger partial charge in [0.15, 0.2) is 0 Å². The van der Waals surface area contributed by atoms with Crippen molar-refractivity contribution in [3.05, 3.63) is 54.8 Å². The number of thiophene rings is 1. The van der Waals surface area contributed by atoms with Gasteiger partial charge in [-0.05, 0) is 59.2 Å². The highest BCUT2D eigenvalue weighted by Crippen LogP contribution is 2.29. The van der Waals surface area contributed by atoms with Gasteiger partial charge >= 0.3 is 0 Å². The van der Waals surface area contributed by atoms with Crippen LogP contribution in [0.3, 0.4) is 0 Å². The van der Waals surface area contributed by atoms with Crippen molar-refractivity contribution in [3.8, 4) is 0 Å². The molecule has 0 aliphatic rings. The van der Waals surface area contributed by atoms with Gasteiger partial charge in [-0.1, -0.05) is 15.9 Å². The molecule has 0 saturated heterocycles. The van der Waals surface area contributed by atoms with Crippen molar-refractivity contribution >= 4 is 43.2 Å². The van der Waals surface area contributed by atoms with Crippen LogP contribution in [0.2, 0.25) is 0 Å². The molecule has 5 heteroatoms. The molecule has 0 aliphatic heterocycles. The quantitative estimate of drug-likeness (QED) is 0.778. The molecule has 1 atom stereocenters. The Morgan fingerprint density at radius 1 is 1.28 bits per heavy atom. The summed E-state index contributed by atoms with van der Waals surface area (Å²) >= 11 is 8.49. The van der Waals surface area contributed by atoms with E-state index in [1.54, 1.807) is 17.4 Å². The topological polar surface area (TPSA) is 12.0 Å². The van der Waals surface area contributed by atoms with Gasteiger partial charge < -0.3 is 5.32 Å². The van der Waals surface area contributed by atoms with E-state index in [9.17, 15) is 4.39 Å². The third-order valence-electron chi connectivity index (χ3n) is 2.71. The van der Waals surface area contributed by atoms with E-state index in [2.05, 4.69) is 43.2 Å². The molecule has 0 saturated carbocycles. The van der Waals surface area contributed by atoms with Gasteiger partial charge in [-0.3, -0.25) is 0 Å². The summed E-state index contributed by atoms with van der Waals surface area (Å²) in [6.07, 6.45) is 0.634. The van der Waals surface area contributed by atoms with E-state index in [1.807, 2.05) is 18.5 Å². The molecular weight excluding hydrogens is 381 g/mol. The molecule has 0 fully saturated rings. The highest BCUT2D eigenvalue weighted by atomic mass is 79.9. The van der Waals surface area contributed by atoms with Crippen LogP contribution in [0.4, 0.5) is 4.39 Å². The minimum Gasteiger partial charge on any atom is -0.312 e. The normalized spacial score (nSPS) is 12.7. The lowest BCUT2D eigenvalue weighted by Crippen LogP contribution is -2.18. The summed E-state index contributed by atoms with van der Waals surface area (Å²) in [6.45, 7) is 0. The summed E-state index contributed by atoms with van der Waals surface area (Å²) in [6, 6.07) is 7.25. The first-order chi connectivity index (χ1) is 8.60. The van der Waals surface area contributed by atoms with Crippen LogP contribution in [0.1, 0.15) is 16.5 Å². The van der Waals surface area contributed by atoms with Gasteiger partial charge in [0.05, 0.1) is 0 Å². The first-order valence-electron chi connectivity index (χ1n) is 5.45. The summed E-state index contributed by atoms with van der Waals surface area (Å²) in [4.78, 5) is 1.20. The molecule has 1 nitrogen and oxygen atoms in total. The lowest BCUT2D eigenvalue weighted by Gasteiger charge is -2.15. The van der Waals surface area contributed by atoms with Crippen molar-refractivity contribution in [3.63, 3.8) is 0 Å². The molecule has 2 aromatic rings. The Morgan fingerprint density at radius 3 is 2.67 bits per heavy atom. The van der Waals surface area contributed by atoms with E-state index in [1.165, 1.54) is 10.9 Å². The Labute approximate surface area is 127 Å². The van der Waals surface area contributed by atoms with Gasteiger partial charge in [-0.25, -0.2) is 4.39 Å². The van der Waals surface area contributed by atoms with E-state index in [4.69, 9.17) is 0 Å². The highest BCUT2D eigenvalue weighted by molar-refractivity contribution is 9.10. The van der Waals surface area contributed by atoms with Crippen molar-refractivity contribution in [1.82, 2.24) is 5.32 Å². The van der Waals surface area contributed by atoms with Crippen LogP contribution < -0.4 is 5.32 Å². The predicted octanol–water partition coefficient (Wildman–Crippen LogP) is 4.92. The van der Waals surface area contributed by atoms with Crippen LogP contribution in [-0.2, 0) is 6.42 Å². The number of hydrogen-bond acceptors (Lipinski definition) is 2. The van der Waals surface area contributed by atoms with Gasteiger partial charge in [-0.2, -0.15) is 0 Å². The van der Waals surface area contributed by atoms with Crippen molar-refractivity contribution in [2.75, 3.05) is 7.05 Å². The average molecular weight is 393 g/mol. The molecule has 96 valence electrons. The SMILES string of the molecule is CNC(Cc1cc(Br)ccc1F)c1cc(Br)cs1. The van der Waals surface area contributed by atoms with E-state index in [0.717, 1.165) is 8.95 Å². The Hall–Kier alpha value is -0.230. The molecule has 1 N–H and O–H groups in total. The second-order valence-electron chi connectivity index (χ2n) is 3.95. The molecule has 0 spiro atoms. The number of benzene rings is 1. The van der Waals surface area contributed by atoms with Crippen LogP contribution in [0.5, 0.6) is 0 Å². The zero-order valence-corrected chi connectivity index (χ0v) is 13.7. The van der Waals surface area contributed by atoms with E-state index >= 15 is 0 Å². The van der Waals surface area contributed by atoms with Crippen LogP contribution in [-0.4, -0.2) is 7.05 Å². The van der Waals surface area contributed by atoms with Crippen molar-refractivity contribution in [1.29, 1.82) is 0 Å². The lowest BCUT2D eigenvalue weighted by molar-refractivity contribution is 0.559. The number of likely N-dealkylation sites (N-methyl/N-ethyl adjacent to an activating group) is 1. The van der Waals surface area contributed by atoms with Crippen molar-refractivity contribution < 1.29 is 4.39 Å². The van der Waals surface area contributed by atoms with Crippen LogP contribution in [0.25, 0.3) is 0 Å². The van der Waals surface area contributed by atoms with Gasteiger partial charge in [0, 0.05) is 25.2 Å². The largest absolute Gasteiger partial charge is 0.312 e. The van der Waals surface area contributed by atoms with Gasteiger partial charge in [0.25, 0.3) is 0 Å². The Morgan fingerprint density at radius 2 is 2.06 bits per heavy atom. The minimum absolute atomic E-state index is 0.130. The monoisotopic (exact) mass is 391 g/mol. The second-order valence-corrected chi connectivity index (χ2v) is 6.72. The number of nitrogens with one attached hydrogen (secondary N) is 1. The van der Waals surface area contributed by atoms with Crippen molar-refractivity contribution in [2.45, 2.75) is 12.5 Å². The third kappa shape index (κ3) is 3.41. The molecule has 0 radical (unpaired) electrons. The summed E-state index contributed by atoms with van der Waals surface area (Å²) in [5, 5.41) is 5.27. The number of halogens is 3. The van der Waals surface area contributed by atoms with Crippen LogP contribution >= 0.6 is 43.2 Å². The molecule has 1 heterocycles. The Balaban J connectivity index is 2.22. The molecule has 0 amide bonds. The summed E-state index contributed by atoms with van der Waals surface area (Å²) < 4.78 is 15.7. The highest BCUT2D eigenvalue weighted by Gasteiger charge is 2.14. The predicted molar refractivity (Wildman–Crippen MR) is 81.6 cm³/mol. The third-order valence-corrected chi connectivity index (χ3v) is 5.01. The molecule has 18 heavy (non-hydrogen) atoms. The fourth-order valence-electron chi connectivity index (χ4n) is 1.78. The van der Waals surface area contributed by atoms with Gasteiger partial charge in [-0.15, -0.1) is 11.3 Å². The maximum atomic E-state index is 13.7. The fraction of sp³-hybridized carbons (Fsp3) is 0.231. The molecule has 0 aliphatic carbocycles. The molecule has 0 bridgehead atoms. The van der Waals surface area contributed by atoms with Crippen molar-refractivity contribution in [2.24, 2.45) is 0 Å². The summed E-state index contributed by atoms with van der Waals surface area (Å²) in [7, 11) is 1.90. The fourth-order valence-corrected chi connectivity index (χ4v) is 3.74. The number of hydrogen-bond donors (Lipinski definition) is 1. The first kappa shape index (κ1) is 14.2. The Kier molecular flexibility index (Phi) is 4.95. The van der Waals surface area contributed by atoms with E-state index in [0.29, 0.717) is 12.0 Å². The standard InChI is InChI=1S/C13H12Br2FNS/c1-17-12(13-6-10(15)7-18-13)5-8-4-9(14)2-3-11(8)16/h2-4,6-7,12,17H,5H2,1H3. The van der Waals surface area contributed by atoms with E-state index < -0.39 is 0 Å². The van der Waals surface area contributed by atoms with Crippen LogP contribution in [0, 0.1) is 5.82 Å². The lowest BCUT2D eigenvalue weighted by atomic mass is 10.0. The summed E-state index contributed by atoms with van der Waals surface area (Å²) in [5.74, 6) is -0.158.